The van der Waals surface area contributed by atoms with E-state index in [1.165, 1.54) is 0 Å². The zero-order valence-corrected chi connectivity index (χ0v) is 10.6. The number of carbonyl (C=O) groups is 2. The molecule has 0 heterocycles. The van der Waals surface area contributed by atoms with Crippen molar-refractivity contribution in [3.8, 4) is 0 Å². The molecule has 0 unspecified atom stereocenters. The molecular formula is C11H22N2O4. The second-order valence-electron chi connectivity index (χ2n) is 4.54. The Hall–Kier alpha value is -1.14. The molecule has 2 amide bonds. The fourth-order valence-electron chi connectivity index (χ4n) is 1.05. The van der Waals surface area contributed by atoms with E-state index in [1.54, 1.807) is 20.8 Å². The van der Waals surface area contributed by atoms with Gasteiger partial charge in [0.2, 0.25) is 11.8 Å². The lowest BCUT2D eigenvalue weighted by Gasteiger charge is -2.27. The van der Waals surface area contributed by atoms with Crippen molar-refractivity contribution in [3.63, 3.8) is 0 Å². The number of amides is 2. The quantitative estimate of drug-likeness (QED) is 0.433. The molecule has 0 rings (SSSR count). The third-order valence-electron chi connectivity index (χ3n) is 2.46. The minimum atomic E-state index is -1.27. The van der Waals surface area contributed by atoms with E-state index in [1.807, 2.05) is 0 Å². The monoisotopic (exact) mass is 246 g/mol. The Morgan fingerprint density at radius 2 is 1.76 bits per heavy atom. The number of hydrogen-bond donors (Lipinski definition) is 4. The summed E-state index contributed by atoms with van der Waals surface area (Å²) in [4.78, 5) is 22.4. The molecule has 0 saturated heterocycles. The summed E-state index contributed by atoms with van der Waals surface area (Å²) in [5, 5.41) is 23.7. The summed E-state index contributed by atoms with van der Waals surface area (Å²) >= 11 is 0. The molecule has 0 aliphatic carbocycles. The molecule has 0 aromatic rings. The fourth-order valence-corrected chi connectivity index (χ4v) is 1.05. The molecule has 17 heavy (non-hydrogen) atoms. The van der Waals surface area contributed by atoms with Gasteiger partial charge < -0.3 is 20.8 Å². The predicted octanol–water partition coefficient (Wildman–Crippen LogP) is -0.992. The van der Waals surface area contributed by atoms with Gasteiger partial charge in [-0.05, 0) is 0 Å². The topological polar surface area (TPSA) is 98.7 Å². The minimum absolute atomic E-state index is 0.0875. The molecule has 0 aromatic heterocycles. The second-order valence-corrected chi connectivity index (χ2v) is 4.54. The summed E-state index contributed by atoms with van der Waals surface area (Å²) in [6.45, 7) is 5.22. The Morgan fingerprint density at radius 3 is 2.24 bits per heavy atom. The van der Waals surface area contributed by atoms with Crippen LogP contribution >= 0.6 is 0 Å². The smallest absolute Gasteiger partial charge is 0.249 e. The minimum Gasteiger partial charge on any atom is -0.396 e. The van der Waals surface area contributed by atoms with Crippen molar-refractivity contribution in [3.05, 3.63) is 0 Å². The third-order valence-corrected chi connectivity index (χ3v) is 2.46. The average molecular weight is 246 g/mol. The maximum absolute atomic E-state index is 11.5. The summed E-state index contributed by atoms with van der Waals surface area (Å²) in [6, 6.07) is 0. The highest BCUT2D eigenvalue weighted by Gasteiger charge is 2.32. The van der Waals surface area contributed by atoms with Gasteiger partial charge in [-0.15, -0.1) is 0 Å². The maximum atomic E-state index is 11.5. The summed E-state index contributed by atoms with van der Waals surface area (Å²) in [5.74, 6) is -0.634. The van der Waals surface area contributed by atoms with Gasteiger partial charge in [-0.25, -0.2) is 0 Å². The first-order valence-corrected chi connectivity index (χ1v) is 5.68. The number of carbonyl (C=O) groups excluding carboxylic acids is 2. The molecule has 0 aromatic carbocycles. The summed E-state index contributed by atoms with van der Waals surface area (Å²) in [7, 11) is 0. The van der Waals surface area contributed by atoms with Crippen molar-refractivity contribution in [2.45, 2.75) is 33.3 Å². The van der Waals surface area contributed by atoms with E-state index in [0.29, 0.717) is 13.0 Å². The number of aliphatic hydroxyl groups is 2. The summed E-state index contributed by atoms with van der Waals surface area (Å²) < 4.78 is 0. The van der Waals surface area contributed by atoms with Crippen molar-refractivity contribution >= 4 is 11.8 Å². The Bertz CT molecular complexity index is 266. The first kappa shape index (κ1) is 15.9. The van der Waals surface area contributed by atoms with Gasteiger partial charge in [-0.1, -0.05) is 20.8 Å². The molecule has 0 fully saturated rings. The Kier molecular flexibility index (Phi) is 6.75. The number of aliphatic hydroxyl groups excluding tert-OH is 2. The van der Waals surface area contributed by atoms with Crippen molar-refractivity contribution in [1.29, 1.82) is 0 Å². The van der Waals surface area contributed by atoms with E-state index >= 15 is 0 Å². The van der Waals surface area contributed by atoms with Gasteiger partial charge in [0.1, 0.15) is 6.10 Å². The number of nitrogens with one attached hydrogen (secondary N) is 2. The predicted molar refractivity (Wildman–Crippen MR) is 63.2 cm³/mol. The normalized spacial score (nSPS) is 13.0. The zero-order valence-electron chi connectivity index (χ0n) is 10.6. The van der Waals surface area contributed by atoms with Crippen molar-refractivity contribution in [1.82, 2.24) is 10.6 Å². The molecule has 0 spiro atoms. The van der Waals surface area contributed by atoms with Gasteiger partial charge in [-0.3, -0.25) is 9.59 Å². The van der Waals surface area contributed by atoms with Crippen LogP contribution in [0.2, 0.25) is 0 Å². The number of rotatable bonds is 7. The summed E-state index contributed by atoms with van der Waals surface area (Å²) in [5.41, 5.74) is -0.878. The van der Waals surface area contributed by atoms with E-state index in [-0.39, 0.29) is 19.1 Å². The number of hydrogen-bond acceptors (Lipinski definition) is 4. The van der Waals surface area contributed by atoms with Crippen molar-refractivity contribution < 1.29 is 19.8 Å². The van der Waals surface area contributed by atoms with Crippen LogP contribution in [-0.2, 0) is 9.59 Å². The van der Waals surface area contributed by atoms with Crippen molar-refractivity contribution in [2.24, 2.45) is 5.41 Å². The van der Waals surface area contributed by atoms with Crippen LogP contribution in [-0.4, -0.2) is 47.8 Å². The molecular weight excluding hydrogens is 224 g/mol. The Morgan fingerprint density at radius 1 is 1.24 bits per heavy atom. The van der Waals surface area contributed by atoms with Gasteiger partial charge in [0.15, 0.2) is 0 Å². The van der Waals surface area contributed by atoms with Crippen molar-refractivity contribution in [2.75, 3.05) is 19.7 Å². The lowest BCUT2D eigenvalue weighted by atomic mass is 9.87. The van der Waals surface area contributed by atoms with E-state index in [4.69, 9.17) is 5.11 Å². The van der Waals surface area contributed by atoms with Crippen LogP contribution in [0, 0.1) is 5.41 Å². The van der Waals surface area contributed by atoms with E-state index < -0.39 is 17.4 Å². The van der Waals surface area contributed by atoms with Gasteiger partial charge in [-0.2, -0.15) is 0 Å². The molecule has 0 aliphatic heterocycles. The van der Waals surface area contributed by atoms with E-state index in [2.05, 4.69) is 10.6 Å². The highest BCUT2D eigenvalue weighted by molar-refractivity contribution is 5.81. The fraction of sp³-hybridized carbons (Fsp3) is 0.818. The molecule has 0 saturated carbocycles. The summed E-state index contributed by atoms with van der Waals surface area (Å²) in [6.07, 6.45) is -0.872. The molecule has 4 N–H and O–H groups in total. The molecule has 1 atom stereocenters. The van der Waals surface area contributed by atoms with Crippen LogP contribution < -0.4 is 10.6 Å². The molecule has 6 nitrogen and oxygen atoms in total. The lowest BCUT2D eigenvalue weighted by molar-refractivity contribution is -0.137. The third kappa shape index (κ3) is 5.65. The van der Waals surface area contributed by atoms with Crippen LogP contribution in [0.15, 0.2) is 0 Å². The van der Waals surface area contributed by atoms with Crippen LogP contribution in [0.3, 0.4) is 0 Å². The average Bonchev–Trinajstić information content (AvgIpc) is 2.32. The van der Waals surface area contributed by atoms with Crippen LogP contribution in [0.4, 0.5) is 0 Å². The SMILES string of the molecule is CCC(=O)NCCNC(=O)[C@H](O)C(C)(C)CO. The van der Waals surface area contributed by atoms with Gasteiger partial charge in [0.05, 0.1) is 6.61 Å². The Balaban J connectivity index is 3.91. The molecule has 0 aliphatic rings. The lowest BCUT2D eigenvalue weighted by Crippen LogP contribution is -2.47. The molecule has 100 valence electrons. The zero-order chi connectivity index (χ0) is 13.5. The molecule has 0 bridgehead atoms. The standard InChI is InChI=1S/C11H22N2O4/c1-4-8(15)12-5-6-13-10(17)9(16)11(2,3)7-14/h9,14,16H,4-7H2,1-3H3,(H,12,15)(H,13,17)/t9-/m0/s1. The van der Waals surface area contributed by atoms with Crippen LogP contribution in [0.1, 0.15) is 27.2 Å². The molecule has 6 heteroatoms. The first-order chi connectivity index (χ1) is 7.85. The highest BCUT2D eigenvalue weighted by atomic mass is 16.3. The molecule has 0 radical (unpaired) electrons. The first-order valence-electron chi connectivity index (χ1n) is 5.68. The van der Waals surface area contributed by atoms with Gasteiger partial charge in [0.25, 0.3) is 0 Å². The van der Waals surface area contributed by atoms with Gasteiger partial charge in [0, 0.05) is 24.9 Å². The maximum Gasteiger partial charge on any atom is 0.249 e. The van der Waals surface area contributed by atoms with Crippen LogP contribution in [0.25, 0.3) is 0 Å². The second kappa shape index (κ2) is 7.24. The van der Waals surface area contributed by atoms with Gasteiger partial charge >= 0.3 is 0 Å². The highest BCUT2D eigenvalue weighted by Crippen LogP contribution is 2.19. The van der Waals surface area contributed by atoms with Crippen LogP contribution in [0.5, 0.6) is 0 Å². The largest absolute Gasteiger partial charge is 0.396 e. The Labute approximate surface area is 101 Å². The van der Waals surface area contributed by atoms with E-state index in [0.717, 1.165) is 0 Å². The van der Waals surface area contributed by atoms with E-state index in [9.17, 15) is 14.7 Å².